The van der Waals surface area contributed by atoms with Crippen molar-refractivity contribution >= 4 is 32.8 Å². The number of hydrogen-bond donors (Lipinski definition) is 1. The lowest BCUT2D eigenvalue weighted by Gasteiger charge is -2.25. The summed E-state index contributed by atoms with van der Waals surface area (Å²) in [4.78, 5) is 3.01. The molecule has 1 aromatic heterocycles. The van der Waals surface area contributed by atoms with Crippen LogP contribution in [-0.4, -0.2) is 45.5 Å². The molecule has 1 rings (SSSR count). The summed E-state index contributed by atoms with van der Waals surface area (Å²) in [5, 5.41) is 0. The van der Waals surface area contributed by atoms with Crippen molar-refractivity contribution < 1.29 is 8.42 Å². The predicted octanol–water partition coefficient (Wildman–Crippen LogP) is 1.38. The zero-order chi connectivity index (χ0) is 13.1. The molecule has 0 aromatic carbocycles. The summed E-state index contributed by atoms with van der Waals surface area (Å²) in [7, 11) is -1.07. The van der Waals surface area contributed by atoms with E-state index in [0.29, 0.717) is 13.1 Å². The Morgan fingerprint density at radius 1 is 1.53 bits per heavy atom. The van der Waals surface area contributed by atoms with Gasteiger partial charge in [0.1, 0.15) is 9.84 Å². The van der Waals surface area contributed by atoms with Gasteiger partial charge in [0.25, 0.3) is 0 Å². The Kier molecular flexibility index (Phi) is 5.40. The van der Waals surface area contributed by atoms with Crippen LogP contribution in [0.1, 0.15) is 10.9 Å². The molecule has 0 saturated heterocycles. The molecule has 1 aromatic rings. The smallest absolute Gasteiger partial charge is 0.148 e. The molecular formula is C10H17ClN2O2S2. The van der Waals surface area contributed by atoms with Crippen LogP contribution < -0.4 is 5.73 Å². The summed E-state index contributed by atoms with van der Waals surface area (Å²) in [6.45, 7) is 0.910. The molecule has 0 aliphatic rings. The van der Waals surface area contributed by atoms with E-state index in [2.05, 4.69) is 0 Å². The van der Waals surface area contributed by atoms with Gasteiger partial charge in [-0.2, -0.15) is 0 Å². The largest absolute Gasteiger partial charge is 0.329 e. The highest BCUT2D eigenvalue weighted by Crippen LogP contribution is 2.29. The number of hydrogen-bond acceptors (Lipinski definition) is 5. The van der Waals surface area contributed by atoms with Crippen LogP contribution in [0.3, 0.4) is 0 Å². The number of rotatable bonds is 6. The lowest BCUT2D eigenvalue weighted by molar-refractivity contribution is 0.268. The van der Waals surface area contributed by atoms with Gasteiger partial charge in [-0.05, 0) is 19.2 Å². The first kappa shape index (κ1) is 14.9. The summed E-state index contributed by atoms with van der Waals surface area (Å²) in [5.41, 5.74) is 5.73. The van der Waals surface area contributed by atoms with Crippen LogP contribution in [0.4, 0.5) is 0 Å². The van der Waals surface area contributed by atoms with Gasteiger partial charge in [0.15, 0.2) is 0 Å². The van der Waals surface area contributed by atoms with Crippen LogP contribution in [0.25, 0.3) is 0 Å². The zero-order valence-electron chi connectivity index (χ0n) is 9.89. The van der Waals surface area contributed by atoms with Crippen molar-refractivity contribution in [1.82, 2.24) is 4.90 Å². The molecule has 1 heterocycles. The van der Waals surface area contributed by atoms with Crippen molar-refractivity contribution in [2.45, 2.75) is 6.04 Å². The van der Waals surface area contributed by atoms with E-state index in [4.69, 9.17) is 17.3 Å². The Bertz CT molecular complexity index is 459. The van der Waals surface area contributed by atoms with Gasteiger partial charge in [-0.3, -0.25) is 4.90 Å². The molecule has 98 valence electrons. The van der Waals surface area contributed by atoms with E-state index in [-0.39, 0.29) is 11.8 Å². The molecule has 17 heavy (non-hydrogen) atoms. The number of nitrogens with zero attached hydrogens (tertiary/aromatic N) is 1. The third-order valence-corrected chi connectivity index (χ3v) is 4.75. The second-order valence-electron chi connectivity index (χ2n) is 4.00. The molecule has 4 nitrogen and oxygen atoms in total. The molecule has 0 spiro atoms. The summed E-state index contributed by atoms with van der Waals surface area (Å²) >= 11 is 7.36. The third-order valence-electron chi connectivity index (χ3n) is 2.49. The fourth-order valence-corrected chi connectivity index (χ4v) is 3.35. The summed E-state index contributed by atoms with van der Waals surface area (Å²) in [5.74, 6) is 0.138. The van der Waals surface area contributed by atoms with E-state index in [9.17, 15) is 8.42 Å². The van der Waals surface area contributed by atoms with Gasteiger partial charge in [0.2, 0.25) is 0 Å². The molecule has 0 aliphatic carbocycles. The maximum absolute atomic E-state index is 11.1. The van der Waals surface area contributed by atoms with Crippen LogP contribution in [0.2, 0.25) is 4.34 Å². The monoisotopic (exact) mass is 296 g/mol. The van der Waals surface area contributed by atoms with Crippen LogP contribution in [0, 0.1) is 0 Å². The van der Waals surface area contributed by atoms with E-state index in [1.165, 1.54) is 17.6 Å². The van der Waals surface area contributed by atoms with Crippen molar-refractivity contribution in [1.29, 1.82) is 0 Å². The Morgan fingerprint density at radius 3 is 2.59 bits per heavy atom. The van der Waals surface area contributed by atoms with Crippen LogP contribution in [0.5, 0.6) is 0 Å². The Balaban J connectivity index is 2.68. The van der Waals surface area contributed by atoms with Crippen molar-refractivity contribution in [3.05, 3.63) is 21.3 Å². The number of likely N-dealkylation sites (N-methyl/N-ethyl adjacent to an activating group) is 1. The SMILES string of the molecule is CN(CCS(C)(=O)=O)C(CN)c1ccc(Cl)s1. The van der Waals surface area contributed by atoms with Crippen molar-refractivity contribution in [2.24, 2.45) is 5.73 Å². The highest BCUT2D eigenvalue weighted by molar-refractivity contribution is 7.90. The van der Waals surface area contributed by atoms with Crippen molar-refractivity contribution in [3.8, 4) is 0 Å². The first-order valence-electron chi connectivity index (χ1n) is 5.16. The van der Waals surface area contributed by atoms with Gasteiger partial charge >= 0.3 is 0 Å². The first-order chi connectivity index (χ1) is 7.83. The molecule has 1 unspecified atom stereocenters. The Hall–Kier alpha value is -0.140. The van der Waals surface area contributed by atoms with Crippen LogP contribution >= 0.6 is 22.9 Å². The fraction of sp³-hybridized carbons (Fsp3) is 0.600. The van der Waals surface area contributed by atoms with E-state index in [1.54, 1.807) is 0 Å². The third kappa shape index (κ3) is 4.93. The molecule has 0 aliphatic heterocycles. The summed E-state index contributed by atoms with van der Waals surface area (Å²) in [6, 6.07) is 3.78. The fourth-order valence-electron chi connectivity index (χ4n) is 1.49. The molecule has 0 fully saturated rings. The predicted molar refractivity (Wildman–Crippen MR) is 73.5 cm³/mol. The molecule has 0 saturated carbocycles. The van der Waals surface area contributed by atoms with E-state index in [1.807, 2.05) is 24.1 Å². The first-order valence-corrected chi connectivity index (χ1v) is 8.42. The van der Waals surface area contributed by atoms with E-state index >= 15 is 0 Å². The Morgan fingerprint density at radius 2 is 2.18 bits per heavy atom. The molecule has 0 radical (unpaired) electrons. The van der Waals surface area contributed by atoms with Gasteiger partial charge in [-0.25, -0.2) is 8.42 Å². The van der Waals surface area contributed by atoms with E-state index < -0.39 is 9.84 Å². The lowest BCUT2D eigenvalue weighted by Crippen LogP contribution is -2.33. The minimum Gasteiger partial charge on any atom is -0.329 e. The van der Waals surface area contributed by atoms with Gasteiger partial charge in [0, 0.05) is 24.2 Å². The molecular weight excluding hydrogens is 280 g/mol. The summed E-state index contributed by atoms with van der Waals surface area (Å²) in [6.07, 6.45) is 1.24. The standard InChI is InChI=1S/C10H17ClN2O2S2/c1-13(5-6-17(2,14)15)8(7-12)9-3-4-10(11)16-9/h3-4,8H,5-7,12H2,1-2H3. The minimum atomic E-state index is -2.94. The normalized spacial score (nSPS) is 14.2. The lowest BCUT2D eigenvalue weighted by atomic mass is 10.2. The molecule has 0 amide bonds. The van der Waals surface area contributed by atoms with Crippen molar-refractivity contribution in [3.63, 3.8) is 0 Å². The number of halogens is 1. The number of sulfone groups is 1. The molecule has 0 bridgehead atoms. The molecule has 1 atom stereocenters. The van der Waals surface area contributed by atoms with Gasteiger partial charge in [-0.1, -0.05) is 11.6 Å². The topological polar surface area (TPSA) is 63.4 Å². The average molecular weight is 297 g/mol. The molecule has 7 heteroatoms. The van der Waals surface area contributed by atoms with Crippen molar-refractivity contribution in [2.75, 3.05) is 32.1 Å². The quantitative estimate of drug-likeness (QED) is 0.861. The van der Waals surface area contributed by atoms with Gasteiger partial charge in [-0.15, -0.1) is 11.3 Å². The van der Waals surface area contributed by atoms with Crippen LogP contribution in [-0.2, 0) is 9.84 Å². The number of thiophene rings is 1. The minimum absolute atomic E-state index is 0.0225. The zero-order valence-corrected chi connectivity index (χ0v) is 12.3. The van der Waals surface area contributed by atoms with E-state index in [0.717, 1.165) is 9.21 Å². The Labute approximate surface area is 111 Å². The second-order valence-corrected chi connectivity index (χ2v) is 8.01. The highest BCUT2D eigenvalue weighted by Gasteiger charge is 2.18. The number of nitrogens with two attached hydrogens (primary N) is 1. The van der Waals surface area contributed by atoms with Gasteiger partial charge < -0.3 is 5.73 Å². The maximum Gasteiger partial charge on any atom is 0.148 e. The van der Waals surface area contributed by atoms with Crippen LogP contribution in [0.15, 0.2) is 12.1 Å². The van der Waals surface area contributed by atoms with Gasteiger partial charge in [0.05, 0.1) is 16.1 Å². The second kappa shape index (κ2) is 6.15. The highest BCUT2D eigenvalue weighted by atomic mass is 35.5. The summed E-state index contributed by atoms with van der Waals surface area (Å²) < 4.78 is 22.9. The maximum atomic E-state index is 11.1. The average Bonchev–Trinajstić information content (AvgIpc) is 2.62. The molecule has 2 N–H and O–H groups in total.